The standard InChI is InChI=1S/C15H12Cl2N2O/c16-11-7-9(5-6-14(11)20)18-8-13-15(17)10-3-1-2-4-12(10)19-13/h1-7,18-20H,8H2. The van der Waals surface area contributed by atoms with Crippen LogP contribution in [-0.4, -0.2) is 10.1 Å². The van der Waals surface area contributed by atoms with Crippen LogP contribution in [0.5, 0.6) is 5.75 Å². The highest BCUT2D eigenvalue weighted by molar-refractivity contribution is 6.36. The van der Waals surface area contributed by atoms with Crippen molar-refractivity contribution >= 4 is 39.8 Å². The van der Waals surface area contributed by atoms with E-state index in [0.29, 0.717) is 11.6 Å². The van der Waals surface area contributed by atoms with Crippen LogP contribution in [0.25, 0.3) is 10.9 Å². The van der Waals surface area contributed by atoms with Crippen molar-refractivity contribution < 1.29 is 5.11 Å². The number of hydrogen-bond acceptors (Lipinski definition) is 2. The number of aromatic amines is 1. The smallest absolute Gasteiger partial charge is 0.134 e. The summed E-state index contributed by atoms with van der Waals surface area (Å²) in [6, 6.07) is 12.9. The molecule has 0 bridgehead atoms. The predicted molar refractivity (Wildman–Crippen MR) is 83.8 cm³/mol. The quantitative estimate of drug-likeness (QED) is 0.609. The first-order valence-electron chi connectivity index (χ1n) is 6.12. The van der Waals surface area contributed by atoms with Crippen LogP contribution in [0.15, 0.2) is 42.5 Å². The van der Waals surface area contributed by atoms with Crippen LogP contribution in [0.4, 0.5) is 5.69 Å². The van der Waals surface area contributed by atoms with Crippen molar-refractivity contribution in [3.63, 3.8) is 0 Å². The summed E-state index contributed by atoms with van der Waals surface area (Å²) < 4.78 is 0. The molecule has 1 aromatic heterocycles. The normalized spacial score (nSPS) is 10.9. The second-order valence-electron chi connectivity index (χ2n) is 4.48. The molecule has 3 N–H and O–H groups in total. The minimum atomic E-state index is 0.0702. The van der Waals surface area contributed by atoms with Crippen molar-refractivity contribution in [3.05, 3.63) is 58.2 Å². The average Bonchev–Trinajstić information content (AvgIpc) is 2.77. The van der Waals surface area contributed by atoms with Crippen molar-refractivity contribution in [3.8, 4) is 5.75 Å². The fraction of sp³-hybridized carbons (Fsp3) is 0.0667. The van der Waals surface area contributed by atoms with Gasteiger partial charge in [-0.05, 0) is 24.3 Å². The van der Waals surface area contributed by atoms with E-state index < -0.39 is 0 Å². The number of benzene rings is 2. The molecule has 1 heterocycles. The number of phenols is 1. The first kappa shape index (κ1) is 13.2. The monoisotopic (exact) mass is 306 g/mol. The molecule has 5 heteroatoms. The lowest BCUT2D eigenvalue weighted by molar-refractivity contribution is 0.475. The van der Waals surface area contributed by atoms with E-state index in [4.69, 9.17) is 23.2 Å². The molecule has 2 aromatic carbocycles. The van der Waals surface area contributed by atoms with E-state index in [1.165, 1.54) is 0 Å². The van der Waals surface area contributed by atoms with Crippen LogP contribution in [0, 0.1) is 0 Å². The van der Waals surface area contributed by atoms with Crippen LogP contribution in [0.3, 0.4) is 0 Å². The third-order valence-electron chi connectivity index (χ3n) is 3.13. The summed E-state index contributed by atoms with van der Waals surface area (Å²) in [6.07, 6.45) is 0. The number of anilines is 1. The minimum Gasteiger partial charge on any atom is -0.506 e. The predicted octanol–water partition coefficient (Wildman–Crippen LogP) is 4.79. The molecule has 0 saturated heterocycles. The Labute approximate surface area is 126 Å². The summed E-state index contributed by atoms with van der Waals surface area (Å²) in [5.74, 6) is 0.0702. The van der Waals surface area contributed by atoms with Gasteiger partial charge >= 0.3 is 0 Å². The van der Waals surface area contributed by atoms with Gasteiger partial charge in [0.05, 0.1) is 22.3 Å². The molecule has 3 rings (SSSR count). The van der Waals surface area contributed by atoms with Crippen LogP contribution in [0.2, 0.25) is 10.0 Å². The van der Waals surface area contributed by atoms with Gasteiger partial charge in [-0.15, -0.1) is 0 Å². The van der Waals surface area contributed by atoms with Gasteiger partial charge in [0.2, 0.25) is 0 Å². The van der Waals surface area contributed by atoms with Crippen molar-refractivity contribution in [2.24, 2.45) is 0 Å². The summed E-state index contributed by atoms with van der Waals surface area (Å²) in [6.45, 7) is 0.550. The zero-order valence-electron chi connectivity index (χ0n) is 10.5. The Morgan fingerprint density at radius 1 is 1.10 bits per heavy atom. The van der Waals surface area contributed by atoms with Gasteiger partial charge in [0.25, 0.3) is 0 Å². The lowest BCUT2D eigenvalue weighted by atomic mass is 10.2. The van der Waals surface area contributed by atoms with E-state index in [0.717, 1.165) is 27.3 Å². The second kappa shape index (κ2) is 5.27. The van der Waals surface area contributed by atoms with Crippen LogP contribution in [0.1, 0.15) is 5.69 Å². The van der Waals surface area contributed by atoms with Crippen molar-refractivity contribution in [1.29, 1.82) is 0 Å². The third kappa shape index (κ3) is 2.42. The number of phenolic OH excluding ortho intramolecular Hbond substituents is 1. The molecule has 3 nitrogen and oxygen atoms in total. The van der Waals surface area contributed by atoms with Gasteiger partial charge < -0.3 is 15.4 Å². The van der Waals surface area contributed by atoms with Crippen molar-refractivity contribution in [1.82, 2.24) is 4.98 Å². The Morgan fingerprint density at radius 2 is 1.90 bits per heavy atom. The number of halogens is 2. The number of nitrogens with one attached hydrogen (secondary N) is 2. The number of fused-ring (bicyclic) bond motifs is 1. The van der Waals surface area contributed by atoms with Gasteiger partial charge in [-0.25, -0.2) is 0 Å². The lowest BCUT2D eigenvalue weighted by Gasteiger charge is -2.06. The third-order valence-corrected chi connectivity index (χ3v) is 3.87. The van der Waals surface area contributed by atoms with Gasteiger partial charge in [-0.1, -0.05) is 41.4 Å². The summed E-state index contributed by atoms with van der Waals surface area (Å²) in [5, 5.41) is 14.6. The maximum absolute atomic E-state index is 9.38. The molecule has 0 aliphatic carbocycles. The fourth-order valence-corrected chi connectivity index (χ4v) is 2.55. The Balaban J connectivity index is 1.83. The number of hydrogen-bond donors (Lipinski definition) is 3. The molecule has 0 aliphatic rings. The number of rotatable bonds is 3. The van der Waals surface area contributed by atoms with Crippen LogP contribution < -0.4 is 5.32 Å². The molecule has 0 saturated carbocycles. The zero-order chi connectivity index (χ0) is 14.1. The van der Waals surface area contributed by atoms with Crippen molar-refractivity contribution in [2.45, 2.75) is 6.54 Å². The number of aromatic nitrogens is 1. The highest BCUT2D eigenvalue weighted by Gasteiger charge is 2.08. The Kier molecular flexibility index (Phi) is 3.47. The van der Waals surface area contributed by atoms with Crippen LogP contribution >= 0.6 is 23.2 Å². The number of aromatic hydroxyl groups is 1. The molecule has 0 radical (unpaired) electrons. The van der Waals surface area contributed by atoms with E-state index in [9.17, 15) is 5.11 Å². The Bertz CT molecular complexity index is 768. The summed E-state index contributed by atoms with van der Waals surface area (Å²) >= 11 is 12.2. The first-order valence-corrected chi connectivity index (χ1v) is 6.88. The summed E-state index contributed by atoms with van der Waals surface area (Å²) in [7, 11) is 0. The molecular formula is C15H12Cl2N2O. The molecule has 0 atom stereocenters. The first-order chi connectivity index (χ1) is 9.65. The van der Waals surface area contributed by atoms with E-state index >= 15 is 0 Å². The molecule has 3 aromatic rings. The van der Waals surface area contributed by atoms with Gasteiger partial charge in [0.15, 0.2) is 0 Å². The molecule has 20 heavy (non-hydrogen) atoms. The van der Waals surface area contributed by atoms with Gasteiger partial charge in [0.1, 0.15) is 5.75 Å². The van der Waals surface area contributed by atoms with Crippen LogP contribution in [-0.2, 0) is 6.54 Å². The molecule has 0 fully saturated rings. The highest BCUT2D eigenvalue weighted by Crippen LogP contribution is 2.29. The molecule has 0 amide bonds. The highest BCUT2D eigenvalue weighted by atomic mass is 35.5. The zero-order valence-corrected chi connectivity index (χ0v) is 12.0. The summed E-state index contributed by atoms with van der Waals surface area (Å²) in [5.41, 5.74) is 2.75. The van der Waals surface area contributed by atoms with Gasteiger partial charge in [-0.2, -0.15) is 0 Å². The molecule has 0 spiro atoms. The van der Waals surface area contributed by atoms with E-state index in [-0.39, 0.29) is 5.75 Å². The lowest BCUT2D eigenvalue weighted by Crippen LogP contribution is -2.00. The van der Waals surface area contributed by atoms with E-state index in [2.05, 4.69) is 10.3 Å². The Morgan fingerprint density at radius 3 is 2.65 bits per heavy atom. The SMILES string of the molecule is Oc1ccc(NCc2[nH]c3ccccc3c2Cl)cc1Cl. The summed E-state index contributed by atoms with van der Waals surface area (Å²) in [4.78, 5) is 3.28. The number of para-hydroxylation sites is 1. The van der Waals surface area contributed by atoms with Gasteiger partial charge in [-0.3, -0.25) is 0 Å². The Hall–Kier alpha value is -1.84. The topological polar surface area (TPSA) is 48.0 Å². The number of H-pyrrole nitrogens is 1. The minimum absolute atomic E-state index is 0.0702. The van der Waals surface area contributed by atoms with E-state index in [1.54, 1.807) is 18.2 Å². The van der Waals surface area contributed by atoms with E-state index in [1.807, 2.05) is 24.3 Å². The average molecular weight is 307 g/mol. The second-order valence-corrected chi connectivity index (χ2v) is 5.27. The molecule has 102 valence electrons. The molecule has 0 aliphatic heterocycles. The van der Waals surface area contributed by atoms with Crippen molar-refractivity contribution in [2.75, 3.05) is 5.32 Å². The van der Waals surface area contributed by atoms with Gasteiger partial charge in [0, 0.05) is 16.6 Å². The largest absolute Gasteiger partial charge is 0.506 e. The maximum Gasteiger partial charge on any atom is 0.134 e. The fourth-order valence-electron chi connectivity index (χ4n) is 2.09. The molecule has 0 unspecified atom stereocenters. The molecular weight excluding hydrogens is 295 g/mol. The maximum atomic E-state index is 9.38.